The number of amides is 1. The van der Waals surface area contributed by atoms with E-state index >= 15 is 0 Å². The maximum Gasteiger partial charge on any atom is 0.246 e. The number of nitrogens with zero attached hydrogens (tertiary/aromatic N) is 1. The van der Waals surface area contributed by atoms with Gasteiger partial charge in [0.1, 0.15) is 0 Å². The molecule has 1 aliphatic heterocycles. The van der Waals surface area contributed by atoms with Gasteiger partial charge < -0.3 is 10.6 Å². The van der Waals surface area contributed by atoms with Gasteiger partial charge in [-0.1, -0.05) is 30.3 Å². The summed E-state index contributed by atoms with van der Waals surface area (Å²) in [5.41, 5.74) is 6.70. The summed E-state index contributed by atoms with van der Waals surface area (Å²) < 4.78 is 0. The molecule has 96 valence electrons. The van der Waals surface area contributed by atoms with Gasteiger partial charge >= 0.3 is 0 Å². The average molecular weight is 244 g/mol. The van der Waals surface area contributed by atoms with Crippen LogP contribution in [0.25, 0.3) is 6.08 Å². The monoisotopic (exact) mass is 244 g/mol. The number of hydrogen-bond acceptors (Lipinski definition) is 2. The van der Waals surface area contributed by atoms with Crippen LogP contribution in [0, 0.1) is 5.92 Å². The third-order valence-electron chi connectivity index (χ3n) is 3.48. The number of carbonyl (C=O) groups excluding carboxylic acids is 1. The second kappa shape index (κ2) is 6.36. The van der Waals surface area contributed by atoms with Crippen LogP contribution in [0.1, 0.15) is 18.4 Å². The summed E-state index contributed by atoms with van der Waals surface area (Å²) in [4.78, 5) is 13.9. The standard InChI is InChI=1S/C15H20N2O/c16-12-14-8-10-17(11-9-14)15(18)7-6-13-4-2-1-3-5-13/h1-7,14H,8-12,16H2/b7-6+. The van der Waals surface area contributed by atoms with Crippen LogP contribution in [0.3, 0.4) is 0 Å². The van der Waals surface area contributed by atoms with E-state index in [1.54, 1.807) is 6.08 Å². The molecule has 1 fully saturated rings. The number of likely N-dealkylation sites (tertiary alicyclic amines) is 1. The molecular weight excluding hydrogens is 224 g/mol. The van der Waals surface area contributed by atoms with Crippen LogP contribution in [0.15, 0.2) is 36.4 Å². The highest BCUT2D eigenvalue weighted by molar-refractivity contribution is 5.91. The predicted octanol–water partition coefficient (Wildman–Crippen LogP) is 1.90. The maximum atomic E-state index is 12.0. The van der Waals surface area contributed by atoms with E-state index in [0.717, 1.165) is 38.0 Å². The fraction of sp³-hybridized carbons (Fsp3) is 0.400. The van der Waals surface area contributed by atoms with Gasteiger partial charge in [-0.3, -0.25) is 4.79 Å². The van der Waals surface area contributed by atoms with Crippen molar-refractivity contribution in [1.82, 2.24) is 4.90 Å². The van der Waals surface area contributed by atoms with E-state index in [9.17, 15) is 4.79 Å². The molecule has 18 heavy (non-hydrogen) atoms. The number of benzene rings is 1. The van der Waals surface area contributed by atoms with Crippen molar-refractivity contribution in [2.24, 2.45) is 11.7 Å². The lowest BCUT2D eigenvalue weighted by atomic mass is 9.97. The molecule has 0 atom stereocenters. The van der Waals surface area contributed by atoms with Crippen molar-refractivity contribution < 1.29 is 4.79 Å². The molecule has 0 bridgehead atoms. The summed E-state index contributed by atoms with van der Waals surface area (Å²) in [6, 6.07) is 9.89. The number of piperidine rings is 1. The second-order valence-electron chi connectivity index (χ2n) is 4.75. The van der Waals surface area contributed by atoms with Gasteiger partial charge in [-0.15, -0.1) is 0 Å². The van der Waals surface area contributed by atoms with Crippen molar-refractivity contribution in [2.45, 2.75) is 12.8 Å². The van der Waals surface area contributed by atoms with E-state index in [4.69, 9.17) is 5.73 Å². The van der Waals surface area contributed by atoms with Gasteiger partial charge in [0, 0.05) is 19.2 Å². The van der Waals surface area contributed by atoms with Crippen LogP contribution < -0.4 is 5.73 Å². The average Bonchev–Trinajstić information content (AvgIpc) is 2.46. The predicted molar refractivity (Wildman–Crippen MR) is 73.8 cm³/mol. The first-order valence-electron chi connectivity index (χ1n) is 6.51. The number of nitrogens with two attached hydrogens (primary N) is 1. The van der Waals surface area contributed by atoms with Crippen molar-refractivity contribution in [3.05, 3.63) is 42.0 Å². The Morgan fingerprint density at radius 2 is 1.94 bits per heavy atom. The van der Waals surface area contributed by atoms with Gasteiger partial charge in [0.15, 0.2) is 0 Å². The van der Waals surface area contributed by atoms with Gasteiger partial charge in [0.05, 0.1) is 0 Å². The fourth-order valence-corrected chi connectivity index (χ4v) is 2.23. The van der Waals surface area contributed by atoms with Crippen molar-refractivity contribution >= 4 is 12.0 Å². The van der Waals surface area contributed by atoms with E-state index in [1.807, 2.05) is 41.3 Å². The van der Waals surface area contributed by atoms with Crippen LogP contribution in [-0.4, -0.2) is 30.4 Å². The summed E-state index contributed by atoms with van der Waals surface area (Å²) >= 11 is 0. The maximum absolute atomic E-state index is 12.0. The SMILES string of the molecule is NCC1CCN(C(=O)/C=C/c2ccccc2)CC1. The van der Waals surface area contributed by atoms with Crippen LogP contribution in [-0.2, 0) is 4.79 Å². The molecule has 0 radical (unpaired) electrons. The Balaban J connectivity index is 1.87. The minimum Gasteiger partial charge on any atom is -0.339 e. The summed E-state index contributed by atoms with van der Waals surface area (Å²) in [6.45, 7) is 2.40. The normalized spacial score (nSPS) is 17.3. The highest BCUT2D eigenvalue weighted by Crippen LogP contribution is 2.16. The molecule has 0 saturated carbocycles. The Morgan fingerprint density at radius 3 is 2.56 bits per heavy atom. The number of hydrogen-bond donors (Lipinski definition) is 1. The molecule has 0 aliphatic carbocycles. The molecule has 1 heterocycles. The lowest BCUT2D eigenvalue weighted by Crippen LogP contribution is -2.39. The highest BCUT2D eigenvalue weighted by Gasteiger charge is 2.20. The molecule has 0 unspecified atom stereocenters. The minimum atomic E-state index is 0.106. The molecule has 1 saturated heterocycles. The first-order valence-corrected chi connectivity index (χ1v) is 6.51. The van der Waals surface area contributed by atoms with Crippen molar-refractivity contribution in [2.75, 3.05) is 19.6 Å². The zero-order valence-electron chi connectivity index (χ0n) is 10.6. The van der Waals surface area contributed by atoms with Gasteiger partial charge in [0.2, 0.25) is 5.91 Å². The van der Waals surface area contributed by atoms with Crippen LogP contribution in [0.4, 0.5) is 0 Å². The molecule has 1 amide bonds. The second-order valence-corrected chi connectivity index (χ2v) is 4.75. The van der Waals surface area contributed by atoms with Crippen LogP contribution in [0.2, 0.25) is 0 Å². The third-order valence-corrected chi connectivity index (χ3v) is 3.48. The molecule has 3 nitrogen and oxygen atoms in total. The zero-order chi connectivity index (χ0) is 12.8. The van der Waals surface area contributed by atoms with Gasteiger partial charge in [-0.25, -0.2) is 0 Å². The van der Waals surface area contributed by atoms with E-state index < -0.39 is 0 Å². The Kier molecular flexibility index (Phi) is 4.53. The minimum absolute atomic E-state index is 0.106. The molecule has 1 aliphatic rings. The summed E-state index contributed by atoms with van der Waals surface area (Å²) in [7, 11) is 0. The summed E-state index contributed by atoms with van der Waals surface area (Å²) in [6.07, 6.45) is 5.60. The molecule has 3 heteroatoms. The smallest absolute Gasteiger partial charge is 0.246 e. The van der Waals surface area contributed by atoms with E-state index in [0.29, 0.717) is 5.92 Å². The Bertz CT molecular complexity index is 406. The van der Waals surface area contributed by atoms with Crippen molar-refractivity contribution in [3.8, 4) is 0 Å². The summed E-state index contributed by atoms with van der Waals surface area (Å²) in [5, 5.41) is 0. The number of carbonyl (C=O) groups is 1. The van der Waals surface area contributed by atoms with Crippen molar-refractivity contribution in [1.29, 1.82) is 0 Å². The third kappa shape index (κ3) is 3.44. The topological polar surface area (TPSA) is 46.3 Å². The van der Waals surface area contributed by atoms with Gasteiger partial charge in [0.25, 0.3) is 0 Å². The quantitative estimate of drug-likeness (QED) is 0.825. The first kappa shape index (κ1) is 12.8. The van der Waals surface area contributed by atoms with E-state index in [2.05, 4.69) is 0 Å². The highest BCUT2D eigenvalue weighted by atomic mass is 16.2. The first-order chi connectivity index (χ1) is 8.79. The molecule has 1 aromatic carbocycles. The lowest BCUT2D eigenvalue weighted by molar-refractivity contribution is -0.127. The molecule has 1 aromatic rings. The van der Waals surface area contributed by atoms with Crippen LogP contribution >= 0.6 is 0 Å². The Labute approximate surface area is 108 Å². The Hall–Kier alpha value is -1.61. The van der Waals surface area contributed by atoms with Crippen molar-refractivity contribution in [3.63, 3.8) is 0 Å². The largest absolute Gasteiger partial charge is 0.339 e. The molecule has 0 spiro atoms. The fourth-order valence-electron chi connectivity index (χ4n) is 2.23. The van der Waals surface area contributed by atoms with Gasteiger partial charge in [-0.05, 0) is 36.9 Å². The summed E-state index contributed by atoms with van der Waals surface area (Å²) in [5.74, 6) is 0.696. The Morgan fingerprint density at radius 1 is 1.28 bits per heavy atom. The molecular formula is C15H20N2O. The van der Waals surface area contributed by atoms with E-state index in [1.165, 1.54) is 0 Å². The van der Waals surface area contributed by atoms with Crippen LogP contribution in [0.5, 0.6) is 0 Å². The molecule has 0 aromatic heterocycles. The molecule has 2 N–H and O–H groups in total. The lowest BCUT2D eigenvalue weighted by Gasteiger charge is -2.30. The van der Waals surface area contributed by atoms with E-state index in [-0.39, 0.29) is 5.91 Å². The molecule has 2 rings (SSSR count). The number of rotatable bonds is 3. The zero-order valence-corrected chi connectivity index (χ0v) is 10.6. The van der Waals surface area contributed by atoms with Gasteiger partial charge in [-0.2, -0.15) is 0 Å².